The quantitative estimate of drug-likeness (QED) is 0.136. The van der Waals surface area contributed by atoms with Gasteiger partial charge in [-0.2, -0.15) is 0 Å². The molecule has 1 unspecified atom stereocenters. The third-order valence-electron chi connectivity index (χ3n) is 5.56. The van der Waals surface area contributed by atoms with Crippen molar-refractivity contribution in [2.75, 3.05) is 32.8 Å². The number of nitrogens with one attached hydrogen (secondary N) is 1. The molecule has 2 rings (SSSR count). The zero-order chi connectivity index (χ0) is 23.9. The molecule has 1 heterocycles. The third kappa shape index (κ3) is 11.3. The van der Waals surface area contributed by atoms with Crippen LogP contribution in [-0.4, -0.2) is 49.6 Å². The Morgan fingerprint density at radius 3 is 2.94 bits per heavy atom. The molecule has 1 N–H and O–H groups in total. The van der Waals surface area contributed by atoms with Crippen LogP contribution in [0.2, 0.25) is 0 Å². The number of benzene rings is 1. The van der Waals surface area contributed by atoms with Crippen LogP contribution in [0.5, 0.6) is 0 Å². The molecule has 1 aliphatic heterocycles. The first kappa shape index (κ1) is 27.6. The standard InChI is InChI=1S/C27H36BrClN2O2/c1-3-25(29)12-5-4-6-19-33-26-13-8-16-31(18-14-26)17-9-15-30-21-27(22(2)32)23-10-7-11-24(28)20-23/h3-4,6-7,10-12,20-21,26,30H,1,5,8-9,13-19H2,2H3/b6-4-,25-12+,27-21-. The zero-order valence-corrected chi connectivity index (χ0v) is 21.9. The fraction of sp³-hybridized carbons (Fsp3) is 0.444. The van der Waals surface area contributed by atoms with E-state index >= 15 is 0 Å². The molecule has 0 spiro atoms. The SMILES string of the molecule is C=C/C(Cl)=C\C/C=C\COC1CCCN(CCCN/C=C(/C(C)=O)c2cccc(Br)c2)CC1. The smallest absolute Gasteiger partial charge is 0.161 e. The summed E-state index contributed by atoms with van der Waals surface area (Å²) in [7, 11) is 0. The van der Waals surface area contributed by atoms with Gasteiger partial charge in [0.05, 0.1) is 12.7 Å². The normalized spacial score (nSPS) is 18.3. The van der Waals surface area contributed by atoms with E-state index in [4.69, 9.17) is 16.3 Å². The fourth-order valence-corrected chi connectivity index (χ4v) is 4.25. The lowest BCUT2D eigenvalue weighted by molar-refractivity contribution is -0.111. The van der Waals surface area contributed by atoms with E-state index in [0.717, 1.165) is 68.3 Å². The number of allylic oxidation sites excluding steroid dienone is 5. The molecule has 6 heteroatoms. The van der Waals surface area contributed by atoms with Gasteiger partial charge in [0.25, 0.3) is 0 Å². The number of ketones is 1. The number of nitrogens with zero attached hydrogens (tertiary/aromatic N) is 1. The molecule has 0 amide bonds. The van der Waals surface area contributed by atoms with Gasteiger partial charge >= 0.3 is 0 Å². The Balaban J connectivity index is 1.66. The van der Waals surface area contributed by atoms with Gasteiger partial charge < -0.3 is 15.0 Å². The van der Waals surface area contributed by atoms with Gasteiger partial charge in [0.2, 0.25) is 0 Å². The Morgan fingerprint density at radius 2 is 2.18 bits per heavy atom. The Kier molecular flexibility index (Phi) is 13.4. The number of carbonyl (C=O) groups is 1. The van der Waals surface area contributed by atoms with Crippen molar-refractivity contribution in [2.24, 2.45) is 0 Å². The van der Waals surface area contributed by atoms with Crippen LogP contribution < -0.4 is 5.32 Å². The Labute approximate surface area is 212 Å². The summed E-state index contributed by atoms with van der Waals surface area (Å²) >= 11 is 9.37. The maximum Gasteiger partial charge on any atom is 0.161 e. The van der Waals surface area contributed by atoms with E-state index in [0.29, 0.717) is 23.3 Å². The lowest BCUT2D eigenvalue weighted by Crippen LogP contribution is -2.28. The van der Waals surface area contributed by atoms with Gasteiger partial charge in [-0.1, -0.05) is 70.5 Å². The molecular formula is C27H36BrClN2O2. The van der Waals surface area contributed by atoms with Crippen molar-refractivity contribution >= 4 is 38.9 Å². The summed E-state index contributed by atoms with van der Waals surface area (Å²) in [6.07, 6.45) is 15.1. The summed E-state index contributed by atoms with van der Waals surface area (Å²) in [5.41, 5.74) is 1.63. The van der Waals surface area contributed by atoms with Crippen LogP contribution in [-0.2, 0) is 9.53 Å². The average Bonchev–Trinajstić information content (AvgIpc) is 3.03. The van der Waals surface area contributed by atoms with Crippen LogP contribution in [0.1, 0.15) is 44.6 Å². The molecule has 180 valence electrons. The minimum Gasteiger partial charge on any atom is -0.390 e. The molecule has 1 aromatic carbocycles. The Morgan fingerprint density at radius 1 is 1.33 bits per heavy atom. The molecule has 1 aromatic rings. The predicted octanol–water partition coefficient (Wildman–Crippen LogP) is 6.48. The van der Waals surface area contributed by atoms with Gasteiger partial charge in [-0.3, -0.25) is 4.79 Å². The molecular weight excluding hydrogens is 500 g/mol. The molecule has 1 aliphatic rings. The van der Waals surface area contributed by atoms with E-state index in [2.05, 4.69) is 44.9 Å². The largest absolute Gasteiger partial charge is 0.390 e. The molecule has 0 aromatic heterocycles. The maximum atomic E-state index is 12.0. The van der Waals surface area contributed by atoms with Gasteiger partial charge in [0.1, 0.15) is 0 Å². The fourth-order valence-electron chi connectivity index (χ4n) is 3.76. The highest BCUT2D eigenvalue weighted by molar-refractivity contribution is 9.10. The van der Waals surface area contributed by atoms with Gasteiger partial charge in [-0.15, -0.1) is 0 Å². The average molecular weight is 536 g/mol. The highest BCUT2D eigenvalue weighted by Gasteiger charge is 2.16. The molecule has 1 fully saturated rings. The Hall–Kier alpha value is -1.66. The number of Topliss-reactive ketones (excluding diaryl/α,β-unsaturated/α-hetero) is 1. The van der Waals surface area contributed by atoms with Gasteiger partial charge in [0.15, 0.2) is 5.78 Å². The van der Waals surface area contributed by atoms with E-state index in [1.165, 1.54) is 0 Å². The van der Waals surface area contributed by atoms with Crippen molar-refractivity contribution < 1.29 is 9.53 Å². The summed E-state index contributed by atoms with van der Waals surface area (Å²) in [6, 6.07) is 7.83. The summed E-state index contributed by atoms with van der Waals surface area (Å²) in [5, 5.41) is 4.01. The highest BCUT2D eigenvalue weighted by atomic mass is 79.9. The van der Waals surface area contributed by atoms with Crippen molar-refractivity contribution in [1.29, 1.82) is 0 Å². The minimum atomic E-state index is 0.0611. The molecule has 1 atom stereocenters. The first-order valence-corrected chi connectivity index (χ1v) is 12.8. The van der Waals surface area contributed by atoms with Crippen LogP contribution in [0.3, 0.4) is 0 Å². The zero-order valence-electron chi connectivity index (χ0n) is 19.6. The number of hydrogen-bond donors (Lipinski definition) is 1. The van der Waals surface area contributed by atoms with E-state index in [9.17, 15) is 4.79 Å². The summed E-state index contributed by atoms with van der Waals surface area (Å²) in [4.78, 5) is 14.6. The van der Waals surface area contributed by atoms with Crippen LogP contribution in [0.4, 0.5) is 0 Å². The third-order valence-corrected chi connectivity index (χ3v) is 6.37. The highest BCUT2D eigenvalue weighted by Crippen LogP contribution is 2.19. The molecule has 0 radical (unpaired) electrons. The van der Waals surface area contributed by atoms with Crippen molar-refractivity contribution in [3.63, 3.8) is 0 Å². The Bertz CT molecular complexity index is 850. The number of likely N-dealkylation sites (tertiary alicyclic amines) is 1. The van der Waals surface area contributed by atoms with Gasteiger partial charge in [-0.05, 0) is 69.8 Å². The van der Waals surface area contributed by atoms with Crippen LogP contribution in [0, 0.1) is 0 Å². The number of ether oxygens (including phenoxy) is 1. The number of halogens is 2. The van der Waals surface area contributed by atoms with Crippen LogP contribution in [0.15, 0.2) is 70.9 Å². The van der Waals surface area contributed by atoms with Crippen molar-refractivity contribution in [2.45, 2.75) is 45.1 Å². The first-order chi connectivity index (χ1) is 16.0. The van der Waals surface area contributed by atoms with Gasteiger partial charge in [-0.25, -0.2) is 0 Å². The summed E-state index contributed by atoms with van der Waals surface area (Å²) in [6.45, 7) is 9.97. The second-order valence-electron chi connectivity index (χ2n) is 8.16. The molecule has 33 heavy (non-hydrogen) atoms. The number of carbonyl (C=O) groups excluding carboxylic acids is 1. The molecule has 0 bridgehead atoms. The second-order valence-corrected chi connectivity index (χ2v) is 9.51. The van der Waals surface area contributed by atoms with E-state index in [-0.39, 0.29) is 5.78 Å². The monoisotopic (exact) mass is 534 g/mol. The maximum absolute atomic E-state index is 12.0. The molecule has 0 saturated carbocycles. The van der Waals surface area contributed by atoms with Crippen molar-refractivity contribution in [3.05, 3.63) is 76.4 Å². The minimum absolute atomic E-state index is 0.0611. The van der Waals surface area contributed by atoms with Gasteiger partial charge in [0, 0.05) is 34.4 Å². The molecule has 1 saturated heterocycles. The summed E-state index contributed by atoms with van der Waals surface area (Å²) in [5.74, 6) is 0.0611. The van der Waals surface area contributed by atoms with E-state index in [1.54, 1.807) is 13.0 Å². The number of rotatable bonds is 13. The van der Waals surface area contributed by atoms with Crippen molar-refractivity contribution in [3.8, 4) is 0 Å². The lowest BCUT2D eigenvalue weighted by atomic mass is 10.0. The predicted molar refractivity (Wildman–Crippen MR) is 143 cm³/mol. The molecule has 0 aliphatic carbocycles. The second kappa shape index (κ2) is 16.0. The van der Waals surface area contributed by atoms with Crippen LogP contribution >= 0.6 is 27.5 Å². The van der Waals surface area contributed by atoms with E-state index < -0.39 is 0 Å². The topological polar surface area (TPSA) is 41.6 Å². The molecule has 4 nitrogen and oxygen atoms in total. The number of hydrogen-bond acceptors (Lipinski definition) is 4. The van der Waals surface area contributed by atoms with Crippen molar-refractivity contribution in [1.82, 2.24) is 10.2 Å². The van der Waals surface area contributed by atoms with Crippen LogP contribution in [0.25, 0.3) is 5.57 Å². The lowest BCUT2D eigenvalue weighted by Gasteiger charge is -2.20. The van der Waals surface area contributed by atoms with E-state index in [1.807, 2.05) is 36.5 Å². The summed E-state index contributed by atoms with van der Waals surface area (Å²) < 4.78 is 7.01. The first-order valence-electron chi connectivity index (χ1n) is 11.7.